The second-order valence-electron chi connectivity index (χ2n) is 3.50. The fourth-order valence-electron chi connectivity index (χ4n) is 1.26. The zero-order valence-electron chi connectivity index (χ0n) is 8.58. The van der Waals surface area contributed by atoms with Gasteiger partial charge in [-0.05, 0) is 41.1 Å². The van der Waals surface area contributed by atoms with Gasteiger partial charge in [-0.2, -0.15) is 0 Å². The minimum Gasteiger partial charge on any atom is -0.323 e. The highest BCUT2D eigenvalue weighted by Gasteiger charge is 2.09. The lowest BCUT2D eigenvalue weighted by molar-refractivity contribution is 0.621. The van der Waals surface area contributed by atoms with Gasteiger partial charge in [0.05, 0.1) is 10.2 Å². The number of benzene rings is 1. The molecule has 2 aromatic rings. The van der Waals surface area contributed by atoms with Crippen molar-refractivity contribution in [2.45, 2.75) is 13.0 Å². The van der Waals surface area contributed by atoms with E-state index >= 15 is 0 Å². The molecule has 1 unspecified atom stereocenters. The van der Waals surface area contributed by atoms with Gasteiger partial charge in [0, 0.05) is 17.0 Å². The molecule has 16 heavy (non-hydrogen) atoms. The number of thiazole rings is 1. The minimum atomic E-state index is -0.271. The van der Waals surface area contributed by atoms with Gasteiger partial charge in [0.25, 0.3) is 0 Å². The summed E-state index contributed by atoms with van der Waals surface area (Å²) >= 11 is 4.67. The maximum Gasteiger partial charge on any atom is 0.137 e. The van der Waals surface area contributed by atoms with E-state index in [0.29, 0.717) is 4.47 Å². The average molecular weight is 301 g/mol. The zero-order valence-corrected chi connectivity index (χ0v) is 11.0. The molecule has 5 heteroatoms. The Morgan fingerprint density at radius 2 is 2.25 bits per heavy atom. The first kappa shape index (κ1) is 11.7. The van der Waals surface area contributed by atoms with Crippen LogP contribution in [0.1, 0.15) is 18.7 Å². The number of hydrogen-bond acceptors (Lipinski definition) is 3. The largest absolute Gasteiger partial charge is 0.323 e. The first-order valence-electron chi connectivity index (χ1n) is 4.74. The number of nitrogens with two attached hydrogens (primary N) is 1. The highest BCUT2D eigenvalue weighted by atomic mass is 79.9. The van der Waals surface area contributed by atoms with Crippen molar-refractivity contribution in [2.24, 2.45) is 5.73 Å². The predicted octanol–water partition coefficient (Wildman–Crippen LogP) is 3.73. The summed E-state index contributed by atoms with van der Waals surface area (Å²) in [5, 5.41) is 2.78. The third kappa shape index (κ3) is 2.31. The van der Waals surface area contributed by atoms with Gasteiger partial charge < -0.3 is 5.73 Å². The van der Waals surface area contributed by atoms with Crippen LogP contribution in [0, 0.1) is 5.82 Å². The highest BCUT2D eigenvalue weighted by Crippen LogP contribution is 2.28. The third-order valence-electron chi connectivity index (χ3n) is 2.16. The molecule has 1 aromatic carbocycles. The number of halogens is 2. The molecule has 0 aliphatic heterocycles. The molecule has 0 saturated heterocycles. The summed E-state index contributed by atoms with van der Waals surface area (Å²) in [6, 6.07) is 4.78. The number of rotatable bonds is 2. The van der Waals surface area contributed by atoms with E-state index in [-0.39, 0.29) is 11.9 Å². The monoisotopic (exact) mass is 300 g/mol. The van der Waals surface area contributed by atoms with Gasteiger partial charge in [0.2, 0.25) is 0 Å². The molecule has 0 saturated carbocycles. The summed E-state index contributed by atoms with van der Waals surface area (Å²) in [6.07, 6.45) is 0. The highest BCUT2D eigenvalue weighted by molar-refractivity contribution is 9.10. The molecule has 0 bridgehead atoms. The Hall–Kier alpha value is -0.780. The number of aromatic nitrogens is 1. The number of hydrogen-bond donors (Lipinski definition) is 1. The Balaban J connectivity index is 2.39. The van der Waals surface area contributed by atoms with E-state index in [1.54, 1.807) is 12.1 Å². The Morgan fingerprint density at radius 3 is 2.81 bits per heavy atom. The molecule has 0 radical (unpaired) electrons. The van der Waals surface area contributed by atoms with Crippen LogP contribution in [-0.4, -0.2) is 4.98 Å². The second-order valence-corrected chi connectivity index (χ2v) is 5.21. The standard InChI is InChI=1S/C11H10BrFN2S/c1-6(14)10-5-16-11(15-10)7-2-3-9(13)8(12)4-7/h2-6H,14H2,1H3. The van der Waals surface area contributed by atoms with Crippen molar-refractivity contribution in [1.29, 1.82) is 0 Å². The molecule has 1 atom stereocenters. The molecule has 0 fully saturated rings. The van der Waals surface area contributed by atoms with Crippen molar-refractivity contribution in [3.8, 4) is 10.6 Å². The van der Waals surface area contributed by atoms with E-state index in [1.165, 1.54) is 17.4 Å². The summed E-state index contributed by atoms with van der Waals surface area (Å²) in [7, 11) is 0. The molecule has 2 rings (SSSR count). The summed E-state index contributed by atoms with van der Waals surface area (Å²) < 4.78 is 13.5. The smallest absolute Gasteiger partial charge is 0.137 e. The first-order valence-corrected chi connectivity index (χ1v) is 6.41. The summed E-state index contributed by atoms with van der Waals surface area (Å²) in [5.41, 5.74) is 7.49. The van der Waals surface area contributed by atoms with E-state index in [1.807, 2.05) is 12.3 Å². The second kappa shape index (κ2) is 4.61. The van der Waals surface area contributed by atoms with Crippen LogP contribution in [0.3, 0.4) is 0 Å². The van der Waals surface area contributed by atoms with Crippen LogP contribution in [0.4, 0.5) is 4.39 Å². The number of nitrogens with zero attached hydrogens (tertiary/aromatic N) is 1. The topological polar surface area (TPSA) is 38.9 Å². The maximum absolute atomic E-state index is 13.1. The van der Waals surface area contributed by atoms with Crippen LogP contribution >= 0.6 is 27.3 Å². The Bertz CT molecular complexity index is 510. The molecular formula is C11H10BrFN2S. The molecule has 2 N–H and O–H groups in total. The van der Waals surface area contributed by atoms with Crippen molar-refractivity contribution >= 4 is 27.3 Å². The molecule has 1 aromatic heterocycles. The van der Waals surface area contributed by atoms with Gasteiger partial charge in [-0.25, -0.2) is 9.37 Å². The van der Waals surface area contributed by atoms with Crippen LogP contribution in [0.25, 0.3) is 10.6 Å². The van der Waals surface area contributed by atoms with Crippen LogP contribution in [-0.2, 0) is 0 Å². The Kier molecular flexibility index (Phi) is 3.37. The average Bonchev–Trinajstić information content (AvgIpc) is 2.71. The normalized spacial score (nSPS) is 12.8. The maximum atomic E-state index is 13.1. The molecule has 2 nitrogen and oxygen atoms in total. The quantitative estimate of drug-likeness (QED) is 0.918. The molecular weight excluding hydrogens is 291 g/mol. The summed E-state index contributed by atoms with van der Waals surface area (Å²) in [4.78, 5) is 4.40. The van der Waals surface area contributed by atoms with Crippen molar-refractivity contribution in [3.05, 3.63) is 39.6 Å². The SMILES string of the molecule is CC(N)c1csc(-c2ccc(F)c(Br)c2)n1. The molecule has 1 heterocycles. The van der Waals surface area contributed by atoms with Gasteiger partial charge in [0.1, 0.15) is 10.8 Å². The third-order valence-corrected chi connectivity index (χ3v) is 3.67. The molecule has 0 aliphatic rings. The van der Waals surface area contributed by atoms with Crippen molar-refractivity contribution in [2.75, 3.05) is 0 Å². The lowest BCUT2D eigenvalue weighted by Gasteiger charge is -2.00. The minimum absolute atomic E-state index is 0.0751. The van der Waals surface area contributed by atoms with Gasteiger partial charge >= 0.3 is 0 Å². The predicted molar refractivity (Wildman–Crippen MR) is 67.8 cm³/mol. The molecule has 0 aliphatic carbocycles. The fourth-order valence-corrected chi connectivity index (χ4v) is 2.56. The Labute approximate surface area is 105 Å². The Morgan fingerprint density at radius 1 is 1.50 bits per heavy atom. The van der Waals surface area contributed by atoms with E-state index < -0.39 is 0 Å². The van der Waals surface area contributed by atoms with Crippen LogP contribution in [0.15, 0.2) is 28.1 Å². The van der Waals surface area contributed by atoms with Crippen LogP contribution in [0.5, 0.6) is 0 Å². The summed E-state index contributed by atoms with van der Waals surface area (Å²) in [5.74, 6) is -0.271. The zero-order chi connectivity index (χ0) is 11.7. The van der Waals surface area contributed by atoms with Gasteiger partial charge in [-0.1, -0.05) is 0 Å². The van der Waals surface area contributed by atoms with Crippen molar-refractivity contribution < 1.29 is 4.39 Å². The van der Waals surface area contributed by atoms with Gasteiger partial charge in [0.15, 0.2) is 0 Å². The lowest BCUT2D eigenvalue weighted by Crippen LogP contribution is -2.04. The molecule has 84 valence electrons. The first-order chi connectivity index (χ1) is 7.58. The molecule has 0 amide bonds. The van der Waals surface area contributed by atoms with Crippen molar-refractivity contribution in [3.63, 3.8) is 0 Å². The van der Waals surface area contributed by atoms with E-state index in [9.17, 15) is 4.39 Å². The van der Waals surface area contributed by atoms with Gasteiger partial charge in [-0.3, -0.25) is 0 Å². The molecule has 0 spiro atoms. The fraction of sp³-hybridized carbons (Fsp3) is 0.182. The van der Waals surface area contributed by atoms with Crippen LogP contribution < -0.4 is 5.73 Å². The van der Waals surface area contributed by atoms with Crippen LogP contribution in [0.2, 0.25) is 0 Å². The van der Waals surface area contributed by atoms with Gasteiger partial charge in [-0.15, -0.1) is 11.3 Å². The van der Waals surface area contributed by atoms with E-state index in [2.05, 4.69) is 20.9 Å². The van der Waals surface area contributed by atoms with Crippen molar-refractivity contribution in [1.82, 2.24) is 4.98 Å². The van der Waals surface area contributed by atoms with E-state index in [0.717, 1.165) is 16.3 Å². The lowest BCUT2D eigenvalue weighted by atomic mass is 10.2. The summed E-state index contributed by atoms with van der Waals surface area (Å²) in [6.45, 7) is 1.89. The van der Waals surface area contributed by atoms with E-state index in [4.69, 9.17) is 5.73 Å².